The first kappa shape index (κ1) is 16.6. The first-order chi connectivity index (χ1) is 10.3. The summed E-state index contributed by atoms with van der Waals surface area (Å²) < 4.78 is 43.1. The number of piperidine rings is 1. The van der Waals surface area contributed by atoms with Gasteiger partial charge in [-0.25, -0.2) is 0 Å². The first-order valence-corrected chi connectivity index (χ1v) is 7.04. The molecule has 1 fully saturated rings. The molecule has 2 N–H and O–H groups in total. The summed E-state index contributed by atoms with van der Waals surface area (Å²) in [5.41, 5.74) is 5.76. The van der Waals surface area contributed by atoms with Crippen molar-refractivity contribution in [2.45, 2.75) is 25.1 Å². The highest BCUT2D eigenvalue weighted by Crippen LogP contribution is 2.33. The van der Waals surface area contributed by atoms with Gasteiger partial charge in [0.25, 0.3) is 0 Å². The zero-order valence-electron chi connectivity index (χ0n) is 12.3. The maximum atomic E-state index is 12.8. The molecule has 1 saturated heterocycles. The van der Waals surface area contributed by atoms with Crippen molar-refractivity contribution in [1.82, 2.24) is 0 Å². The van der Waals surface area contributed by atoms with Crippen LogP contribution in [0.15, 0.2) is 24.3 Å². The van der Waals surface area contributed by atoms with E-state index in [4.69, 9.17) is 5.73 Å². The molecule has 0 bridgehead atoms. The van der Waals surface area contributed by atoms with Crippen LogP contribution in [0.2, 0.25) is 0 Å². The van der Waals surface area contributed by atoms with Crippen LogP contribution in [0.3, 0.4) is 0 Å². The number of rotatable bonds is 3. The van der Waals surface area contributed by atoms with E-state index in [1.54, 1.807) is 11.0 Å². The monoisotopic (exact) mass is 316 g/mol. The lowest BCUT2D eigenvalue weighted by Crippen LogP contribution is -2.47. The van der Waals surface area contributed by atoms with Gasteiger partial charge in [-0.05, 0) is 30.5 Å². The van der Waals surface area contributed by atoms with E-state index in [9.17, 15) is 18.0 Å². The fourth-order valence-electron chi connectivity index (χ4n) is 2.80. The van der Waals surface area contributed by atoms with Gasteiger partial charge in [0.15, 0.2) is 0 Å². The minimum atomic E-state index is -4.38. The normalized spacial score (nSPS) is 22.5. The third kappa shape index (κ3) is 4.13. The summed E-state index contributed by atoms with van der Waals surface area (Å²) in [5, 5.41) is 0. The van der Waals surface area contributed by atoms with Crippen LogP contribution >= 0.6 is 0 Å². The van der Waals surface area contributed by atoms with Crippen molar-refractivity contribution < 1.29 is 22.7 Å². The van der Waals surface area contributed by atoms with E-state index in [0.717, 1.165) is 12.1 Å². The molecule has 0 radical (unpaired) electrons. The second-order valence-electron chi connectivity index (χ2n) is 5.60. The van der Waals surface area contributed by atoms with Crippen LogP contribution in [-0.2, 0) is 15.7 Å². The molecule has 2 rings (SSSR count). The summed E-state index contributed by atoms with van der Waals surface area (Å²) in [6, 6.07) is 4.99. The molecule has 1 heterocycles. The standard InChI is InChI=1S/C15H19F3N2O2/c1-22-14(21)6-10-5-12(19)9-20(8-10)13-4-2-3-11(7-13)15(16,17)18/h2-4,7,10,12H,5-6,8-9,19H2,1H3. The number of carbonyl (C=O) groups excluding carboxylic acids is 1. The highest BCUT2D eigenvalue weighted by atomic mass is 19.4. The van der Waals surface area contributed by atoms with E-state index >= 15 is 0 Å². The molecule has 4 nitrogen and oxygen atoms in total. The molecule has 7 heteroatoms. The lowest BCUT2D eigenvalue weighted by atomic mass is 9.91. The van der Waals surface area contributed by atoms with Crippen molar-refractivity contribution >= 4 is 11.7 Å². The Hall–Kier alpha value is -1.76. The number of ether oxygens (including phenoxy) is 1. The van der Waals surface area contributed by atoms with Gasteiger partial charge in [0, 0.05) is 24.8 Å². The molecule has 0 aromatic heterocycles. The Bertz CT molecular complexity index is 534. The minimum Gasteiger partial charge on any atom is -0.469 e. The Morgan fingerprint density at radius 1 is 1.41 bits per heavy atom. The number of nitrogens with two attached hydrogens (primary N) is 1. The average molecular weight is 316 g/mol. The Labute approximate surface area is 127 Å². The van der Waals surface area contributed by atoms with Crippen LogP contribution in [0.1, 0.15) is 18.4 Å². The van der Waals surface area contributed by atoms with Gasteiger partial charge in [-0.3, -0.25) is 4.79 Å². The van der Waals surface area contributed by atoms with Gasteiger partial charge in [-0.15, -0.1) is 0 Å². The van der Waals surface area contributed by atoms with Crippen LogP contribution in [0.5, 0.6) is 0 Å². The van der Waals surface area contributed by atoms with Gasteiger partial charge in [0.2, 0.25) is 0 Å². The fourth-order valence-corrected chi connectivity index (χ4v) is 2.80. The van der Waals surface area contributed by atoms with E-state index in [0.29, 0.717) is 25.2 Å². The van der Waals surface area contributed by atoms with E-state index in [2.05, 4.69) is 4.74 Å². The van der Waals surface area contributed by atoms with Crippen molar-refractivity contribution in [1.29, 1.82) is 0 Å². The largest absolute Gasteiger partial charge is 0.469 e. The van der Waals surface area contributed by atoms with Crippen molar-refractivity contribution in [3.05, 3.63) is 29.8 Å². The quantitative estimate of drug-likeness (QED) is 0.870. The molecular weight excluding hydrogens is 297 g/mol. The predicted octanol–water partition coefficient (Wildman–Crippen LogP) is 2.42. The van der Waals surface area contributed by atoms with Gasteiger partial charge in [-0.1, -0.05) is 6.07 Å². The van der Waals surface area contributed by atoms with E-state index < -0.39 is 11.7 Å². The zero-order valence-corrected chi connectivity index (χ0v) is 12.3. The van der Waals surface area contributed by atoms with Gasteiger partial charge in [0.1, 0.15) is 0 Å². The van der Waals surface area contributed by atoms with E-state index in [1.165, 1.54) is 13.2 Å². The van der Waals surface area contributed by atoms with Crippen LogP contribution in [0.25, 0.3) is 0 Å². The SMILES string of the molecule is COC(=O)CC1CC(N)CN(c2cccc(C(F)(F)F)c2)C1. The van der Waals surface area contributed by atoms with Crippen molar-refractivity contribution in [2.24, 2.45) is 11.7 Å². The first-order valence-electron chi connectivity index (χ1n) is 7.04. The highest BCUT2D eigenvalue weighted by Gasteiger charge is 2.32. The number of esters is 1. The second kappa shape index (κ2) is 6.56. The third-order valence-corrected chi connectivity index (χ3v) is 3.79. The zero-order chi connectivity index (χ0) is 16.3. The lowest BCUT2D eigenvalue weighted by Gasteiger charge is -2.37. The molecule has 1 aromatic carbocycles. The number of methoxy groups -OCH3 is 1. The van der Waals surface area contributed by atoms with E-state index in [-0.39, 0.29) is 24.3 Å². The summed E-state index contributed by atoms with van der Waals surface area (Å²) in [5.74, 6) is -0.353. The molecule has 0 aliphatic carbocycles. The Morgan fingerprint density at radius 2 is 2.14 bits per heavy atom. The summed E-state index contributed by atoms with van der Waals surface area (Å²) in [6.07, 6.45) is -3.50. The molecule has 1 aliphatic rings. The lowest BCUT2D eigenvalue weighted by molar-refractivity contribution is -0.141. The molecule has 0 saturated carbocycles. The molecule has 2 atom stereocenters. The fraction of sp³-hybridized carbons (Fsp3) is 0.533. The van der Waals surface area contributed by atoms with Crippen LogP contribution in [0.4, 0.5) is 18.9 Å². The Morgan fingerprint density at radius 3 is 2.77 bits per heavy atom. The Kier molecular flexibility index (Phi) is 4.95. The summed E-state index contributed by atoms with van der Waals surface area (Å²) in [7, 11) is 1.32. The smallest absolute Gasteiger partial charge is 0.416 e. The van der Waals surface area contributed by atoms with Gasteiger partial charge in [-0.2, -0.15) is 13.2 Å². The number of hydrogen-bond donors (Lipinski definition) is 1. The van der Waals surface area contributed by atoms with Crippen LogP contribution < -0.4 is 10.6 Å². The highest BCUT2D eigenvalue weighted by molar-refractivity contribution is 5.69. The summed E-state index contributed by atoms with van der Waals surface area (Å²) in [6.45, 7) is 0.961. The number of nitrogens with zero attached hydrogens (tertiary/aromatic N) is 1. The maximum absolute atomic E-state index is 12.8. The molecular formula is C15H19F3N2O2. The van der Waals surface area contributed by atoms with Crippen molar-refractivity contribution in [3.63, 3.8) is 0 Å². The van der Waals surface area contributed by atoms with Crippen molar-refractivity contribution in [3.8, 4) is 0 Å². The number of halogens is 3. The number of anilines is 1. The number of alkyl halides is 3. The molecule has 2 unspecified atom stereocenters. The number of hydrogen-bond acceptors (Lipinski definition) is 4. The number of benzene rings is 1. The van der Waals surface area contributed by atoms with Crippen molar-refractivity contribution in [2.75, 3.05) is 25.1 Å². The van der Waals surface area contributed by atoms with Crippen LogP contribution in [-0.4, -0.2) is 32.2 Å². The maximum Gasteiger partial charge on any atom is 0.416 e. The van der Waals surface area contributed by atoms with Gasteiger partial charge < -0.3 is 15.4 Å². The number of carbonyl (C=O) groups is 1. The predicted molar refractivity (Wildman–Crippen MR) is 76.4 cm³/mol. The average Bonchev–Trinajstić information content (AvgIpc) is 2.45. The topological polar surface area (TPSA) is 55.6 Å². The van der Waals surface area contributed by atoms with Gasteiger partial charge >= 0.3 is 12.1 Å². The molecule has 0 spiro atoms. The molecule has 0 amide bonds. The van der Waals surface area contributed by atoms with Gasteiger partial charge in [0.05, 0.1) is 19.1 Å². The molecule has 1 aliphatic heterocycles. The third-order valence-electron chi connectivity index (χ3n) is 3.79. The molecule has 1 aromatic rings. The molecule has 122 valence electrons. The van der Waals surface area contributed by atoms with E-state index in [1.807, 2.05) is 0 Å². The summed E-state index contributed by atoms with van der Waals surface area (Å²) >= 11 is 0. The van der Waals surface area contributed by atoms with Crippen LogP contribution in [0, 0.1) is 5.92 Å². The summed E-state index contributed by atoms with van der Waals surface area (Å²) in [4.78, 5) is 13.2. The minimum absolute atomic E-state index is 0.0225. The Balaban J connectivity index is 2.15. The molecule has 22 heavy (non-hydrogen) atoms. The second-order valence-corrected chi connectivity index (χ2v) is 5.60.